The third kappa shape index (κ3) is 17.4. The van der Waals surface area contributed by atoms with Gasteiger partial charge in [0.25, 0.3) is 0 Å². The first-order valence-electron chi connectivity index (χ1n) is 42.4. The largest absolute Gasteiger partial charge is 0.394 e. The molecule has 15 fully saturated rings. The van der Waals surface area contributed by atoms with Crippen molar-refractivity contribution >= 4 is 0 Å². The molecule has 0 amide bonds. The van der Waals surface area contributed by atoms with Gasteiger partial charge in [-0.05, 0) is 111 Å². The average molecular weight is 1740 g/mol. The smallest absolute Gasteiger partial charge is 0.187 e. The van der Waals surface area contributed by atoms with Crippen LogP contribution in [0.1, 0.15) is 98.8 Å². The number of hydrogen-bond acceptors (Lipinski definition) is 43. The third-order valence-electron chi connectivity index (χ3n) is 29.4. The lowest BCUT2D eigenvalue weighted by atomic mass is 9.44. The number of rotatable bonds is 24. The maximum Gasteiger partial charge on any atom is 0.187 e. The zero-order chi connectivity index (χ0) is 85.9. The fourth-order valence-electron chi connectivity index (χ4n) is 22.3. The second kappa shape index (κ2) is 37.6. The minimum atomic E-state index is -2.35. The fraction of sp³-hybridized carbons (Fsp3) is 1.00. The number of aliphatic hydroxyl groups is 23. The molecule has 120 heavy (non-hydrogen) atoms. The van der Waals surface area contributed by atoms with Gasteiger partial charge in [-0.25, -0.2) is 0 Å². The number of ether oxygens (including phenoxy) is 20. The van der Waals surface area contributed by atoms with Crippen LogP contribution in [0.4, 0.5) is 0 Å². The maximum absolute atomic E-state index is 13.0. The highest BCUT2D eigenvalue weighted by atomic mass is 16.8. The van der Waals surface area contributed by atoms with Gasteiger partial charge in [-0.3, -0.25) is 0 Å². The van der Waals surface area contributed by atoms with E-state index in [1.807, 2.05) is 0 Å². The summed E-state index contributed by atoms with van der Waals surface area (Å²) in [4.78, 5) is 0. The van der Waals surface area contributed by atoms with Crippen molar-refractivity contribution in [3.63, 3.8) is 0 Å². The first kappa shape index (κ1) is 93.0. The molecule has 11 saturated heterocycles. The van der Waals surface area contributed by atoms with Gasteiger partial charge in [-0.2, -0.15) is 0 Å². The van der Waals surface area contributed by atoms with Crippen molar-refractivity contribution in [3.05, 3.63) is 0 Å². The van der Waals surface area contributed by atoms with E-state index < -0.39 is 317 Å². The van der Waals surface area contributed by atoms with Crippen LogP contribution in [-0.4, -0.2) is 447 Å². The lowest BCUT2D eigenvalue weighted by Crippen LogP contribution is -2.69. The van der Waals surface area contributed by atoms with E-state index >= 15 is 0 Å². The van der Waals surface area contributed by atoms with Crippen LogP contribution in [0, 0.1) is 52.3 Å². The zero-order valence-corrected chi connectivity index (χ0v) is 67.3. The second-order valence-corrected chi connectivity index (χ2v) is 36.6. The summed E-state index contributed by atoms with van der Waals surface area (Å²) >= 11 is 0. The van der Waals surface area contributed by atoms with Gasteiger partial charge in [-0.1, -0.05) is 27.7 Å². The van der Waals surface area contributed by atoms with Gasteiger partial charge in [0.1, 0.15) is 189 Å². The van der Waals surface area contributed by atoms with E-state index in [1.165, 1.54) is 6.92 Å². The molecule has 0 bridgehead atoms. The first-order chi connectivity index (χ1) is 57.1. The van der Waals surface area contributed by atoms with Gasteiger partial charge >= 0.3 is 0 Å². The Morgan fingerprint density at radius 2 is 0.808 bits per heavy atom. The molecule has 0 radical (unpaired) electrons. The van der Waals surface area contributed by atoms with Gasteiger partial charge in [0.15, 0.2) is 62.4 Å². The van der Waals surface area contributed by atoms with Crippen molar-refractivity contribution < 1.29 is 212 Å². The highest BCUT2D eigenvalue weighted by Gasteiger charge is 2.70. The van der Waals surface area contributed by atoms with Crippen LogP contribution in [0.3, 0.4) is 0 Å². The molecule has 0 unspecified atom stereocenters. The third-order valence-corrected chi connectivity index (χ3v) is 29.4. The Morgan fingerprint density at radius 3 is 1.43 bits per heavy atom. The van der Waals surface area contributed by atoms with Gasteiger partial charge in [-0.15, -0.1) is 0 Å². The van der Waals surface area contributed by atoms with Crippen LogP contribution in [0.2, 0.25) is 0 Å². The molecule has 1 spiro atoms. The van der Waals surface area contributed by atoms with E-state index in [9.17, 15) is 117 Å². The highest BCUT2D eigenvalue weighted by Crippen LogP contribution is 2.72. The highest BCUT2D eigenvalue weighted by molar-refractivity contribution is 5.16. The minimum Gasteiger partial charge on any atom is -0.394 e. The normalized spacial score (nSPS) is 56.8. The predicted molar refractivity (Wildman–Crippen MR) is 386 cm³/mol. The van der Waals surface area contributed by atoms with Crippen LogP contribution >= 0.6 is 0 Å². The molecule has 23 N–H and O–H groups in total. The van der Waals surface area contributed by atoms with Crippen molar-refractivity contribution in [2.45, 2.75) is 369 Å². The Kier molecular flexibility index (Phi) is 29.2. The quantitative estimate of drug-likeness (QED) is 0.0399. The first-order valence-corrected chi connectivity index (χ1v) is 42.4. The molecule has 15 aliphatic rings. The van der Waals surface area contributed by atoms with E-state index in [4.69, 9.17) is 94.7 Å². The Bertz CT molecular complexity index is 3290. The van der Waals surface area contributed by atoms with Gasteiger partial charge in [0.2, 0.25) is 0 Å². The molecule has 0 aromatic carbocycles. The molecular formula is C77H126O43. The Morgan fingerprint density at radius 1 is 0.333 bits per heavy atom. The van der Waals surface area contributed by atoms with E-state index in [2.05, 4.69) is 27.7 Å². The molecule has 692 valence electrons. The molecule has 4 aliphatic carbocycles. The molecule has 0 aromatic rings. The molecule has 43 nitrogen and oxygen atoms in total. The summed E-state index contributed by atoms with van der Waals surface area (Å²) in [6.45, 7) is 4.71. The van der Waals surface area contributed by atoms with E-state index in [1.54, 1.807) is 0 Å². The SMILES string of the molecule is C[C@H]1CC[C@@]2(OC1)O[C@H]1C[C@H]3[C@@H]4CC[C@H]5C[C@@H](O[C@@H]6O[C@H](CO)[C@H](O[C@@H]7O[C@H](CO)[C@@H](O)[C@H](O[C@@H]8OC[C@@H](O)[C@H](O[C@@H]9O[C@H](CO[C@@H]%10O[C@@H](CO)[C@H](O)[C@H]%10O)[C@@H](O)[C@H](O[C@@H]%10O[C@H](CO[C@@H]%11O[C@@H](CO)[C@H](O)[C@H]%11O)[C@@H](O)[C@H](O)[C@H]%10O)[C@H]9O)[C@H]8O)[C@H]7O[C@@H]7OC[C@H](O)[C@H](O)[C@H]7O)[C@H](O)[C@H]6O[C@@H]6O[C@@H](C)[C@H](O)[C@@H](O)[C@H]6O)CC[C@]5(C)[C@H]4CC[C@]3(C)[C@H]1[C@@H]2C. The Hall–Kier alpha value is -1.72. The van der Waals surface area contributed by atoms with Crippen LogP contribution in [0.5, 0.6) is 0 Å². The maximum atomic E-state index is 13.0. The summed E-state index contributed by atoms with van der Waals surface area (Å²) in [5.74, 6) is 2.11. The molecule has 53 atom stereocenters. The summed E-state index contributed by atoms with van der Waals surface area (Å²) < 4.78 is 122. The van der Waals surface area contributed by atoms with Crippen LogP contribution in [0.25, 0.3) is 0 Å². The molecular weight excluding hydrogens is 1610 g/mol. The standard InChI is InChI=1S/C77H126O43/c1-25-8-13-77(105-20-25)26(2)42-35(120-77)15-32-30-7-6-28-14-29(9-11-75(28,4)31(30)10-12-76(32,42)5)107-73-64(118-70-55(96)50(91)43(84)27(3)106-70)57(98)61(39(19-81)111-73)115-74-65(119-68-52(93)44(85)33(82)21-101-68)63(48(89)38(18-80)110-74)117-69-58(99)60(34(83)22-102-69)114-72-59(100)62(49(90)41(113-72)24-104-67-54(95)46(87)37(17-79)109-67)116-71-56(97)51(92)47(88)40(112-71)23-103-66-53(94)45(86)36(16-78)108-66/h25-74,78-100H,6-24H2,1-5H3/t25-,26-,27-,28-,29-,30+,31-,32-,33-,34+,35-,36-,37-,38+,39+,40+,41+,42-,43-,44-,45-,46-,47+,48+,49+,50+,51-,52+,53+,54+,55+,56+,57-,58+,59+,60-,61-,62-,63-,64+,65+,66+,67+,68-,69-,70-,71-,72-,73+,74-,75-,76-,77+/m0/s1. The monoisotopic (exact) mass is 1740 g/mol. The lowest BCUT2D eigenvalue weighted by Gasteiger charge is -2.61. The van der Waals surface area contributed by atoms with Gasteiger partial charge in [0, 0.05) is 12.3 Å². The lowest BCUT2D eigenvalue weighted by molar-refractivity contribution is -0.411. The van der Waals surface area contributed by atoms with Gasteiger partial charge in [0.05, 0.1) is 77.8 Å². The van der Waals surface area contributed by atoms with Crippen LogP contribution in [-0.2, 0) is 94.7 Å². The van der Waals surface area contributed by atoms with E-state index in [-0.39, 0.29) is 28.8 Å². The molecule has 15 rings (SSSR count). The topological polar surface area (TPSA) is 650 Å². The van der Waals surface area contributed by atoms with E-state index in [0.29, 0.717) is 49.0 Å². The second-order valence-electron chi connectivity index (χ2n) is 36.6. The van der Waals surface area contributed by atoms with Crippen molar-refractivity contribution in [1.82, 2.24) is 0 Å². The molecule has 4 saturated carbocycles. The average Bonchev–Trinajstić information content (AvgIpc) is 1.59. The molecule has 11 aliphatic heterocycles. The summed E-state index contributed by atoms with van der Waals surface area (Å²) in [5, 5.41) is 258. The molecule has 11 heterocycles. The number of fused-ring (bicyclic) bond motifs is 7. The van der Waals surface area contributed by atoms with Gasteiger partial charge < -0.3 is 212 Å². The molecule has 0 aromatic heterocycles. The molecule has 43 heteroatoms. The van der Waals surface area contributed by atoms with Crippen molar-refractivity contribution in [1.29, 1.82) is 0 Å². The van der Waals surface area contributed by atoms with E-state index in [0.717, 1.165) is 51.4 Å². The van der Waals surface area contributed by atoms with Crippen LogP contribution in [0.15, 0.2) is 0 Å². The van der Waals surface area contributed by atoms with Crippen molar-refractivity contribution in [2.24, 2.45) is 52.3 Å². The zero-order valence-electron chi connectivity index (χ0n) is 67.3. The summed E-state index contributed by atoms with van der Waals surface area (Å²) in [6, 6.07) is 0. The number of aliphatic hydroxyl groups excluding tert-OH is 23. The Balaban J connectivity index is 0.668. The van der Waals surface area contributed by atoms with Crippen molar-refractivity contribution in [2.75, 3.05) is 59.5 Å². The van der Waals surface area contributed by atoms with Crippen molar-refractivity contribution in [3.8, 4) is 0 Å². The minimum absolute atomic E-state index is 0.0813. The van der Waals surface area contributed by atoms with Crippen LogP contribution < -0.4 is 0 Å². The predicted octanol–water partition coefficient (Wildman–Crippen LogP) is -10.2. The summed E-state index contributed by atoms with van der Waals surface area (Å²) in [5.41, 5.74) is -0.00461. The number of hydrogen-bond donors (Lipinski definition) is 23. The Labute approximate surface area is 690 Å². The fourth-order valence-corrected chi connectivity index (χ4v) is 22.3. The summed E-state index contributed by atoms with van der Waals surface area (Å²) in [6.07, 6.45) is -69.8. The summed E-state index contributed by atoms with van der Waals surface area (Å²) in [7, 11) is 0.